The number of halogens is 1. The molecule has 18 heteroatoms. The zero-order valence-corrected chi connectivity index (χ0v) is 29.8. The first-order valence-electron chi connectivity index (χ1n) is 11.7. The van der Waals surface area contributed by atoms with Crippen molar-refractivity contribution in [1.82, 2.24) is 48.9 Å². The van der Waals surface area contributed by atoms with Gasteiger partial charge in [0.15, 0.2) is 0 Å². The number of aromatic nitrogens is 9. The first kappa shape index (κ1) is 42.5. The topological polar surface area (TPSA) is 122 Å². The second kappa shape index (κ2) is 21.4. The molecule has 0 saturated heterocycles. The zero-order valence-electron chi connectivity index (χ0n) is 23.8. The predicted octanol–water partition coefficient (Wildman–Crippen LogP) is 3.83. The van der Waals surface area contributed by atoms with E-state index in [-0.39, 0.29) is 113 Å². The minimum atomic E-state index is 0. The number of nitrogens with zero attached hydrogens (tertiary/aromatic N) is 10. The minimum absolute atomic E-state index is 0. The molecule has 0 aromatic carbocycles. The number of nitrogens with one attached hydrogen (secondary N) is 2. The standard InChI is InChI=1S/C8H11N4P.C8H10N4.C6H5BrN3P.C2H7N.3Ar/c1-11(2)7-4-12(13)8-6(7)3-9-5-10-8;1-12(2)7-4-10-8-6(7)3-9-5-11-8;7-5-2-10(11)6-4(5)1-8-3-9-6;1-3-2;;;/h3-5H,13H2,1-2H3;3-5H,1-2H3,(H,9,10,11);1-3H,11H2;3H,1-2H3;;;. The van der Waals surface area contributed by atoms with E-state index >= 15 is 0 Å². The summed E-state index contributed by atoms with van der Waals surface area (Å²) in [5.74, 6) is 0. The van der Waals surface area contributed by atoms with Gasteiger partial charge in [0, 0.05) is 183 Å². The summed E-state index contributed by atoms with van der Waals surface area (Å²) in [4.78, 5) is 31.4. The van der Waals surface area contributed by atoms with E-state index in [2.05, 4.69) is 74.9 Å². The van der Waals surface area contributed by atoms with Crippen LogP contribution in [-0.2, 0) is 0 Å². The Kier molecular flexibility index (Phi) is 21.6. The SMILES string of the molecule is CN(C)c1c[nH]c2ncncc12.CN(C)c1cn(P)c2ncncc12.CNC.Pn1cc(Br)c2cncnc21.[Ar].[Ar].[Ar]. The maximum absolute atomic E-state index is 4.19. The molecule has 0 radical (unpaired) electrons. The Morgan fingerprint density at radius 1 is 0.714 bits per heavy atom. The van der Waals surface area contributed by atoms with Gasteiger partial charge in [0.2, 0.25) is 0 Å². The van der Waals surface area contributed by atoms with Gasteiger partial charge in [-0.2, -0.15) is 0 Å². The van der Waals surface area contributed by atoms with Gasteiger partial charge in [0.05, 0.1) is 27.5 Å². The molecule has 2 N–H and O–H groups in total. The maximum Gasteiger partial charge on any atom is 0.148 e. The number of hydrogen-bond acceptors (Lipinski definition) is 9. The molecule has 0 aliphatic heterocycles. The molecular weight excluding hydrogens is 718 g/mol. The van der Waals surface area contributed by atoms with E-state index in [4.69, 9.17) is 0 Å². The third-order valence-electron chi connectivity index (χ3n) is 5.22. The summed E-state index contributed by atoms with van der Waals surface area (Å²) in [6.07, 6.45) is 15.9. The fourth-order valence-corrected chi connectivity index (χ4v) is 4.92. The number of hydrogen-bond donors (Lipinski definition) is 2. The maximum atomic E-state index is 4.19. The molecule has 230 valence electrons. The summed E-state index contributed by atoms with van der Waals surface area (Å²) >= 11 is 3.40. The Labute approximate surface area is 348 Å². The molecule has 0 amide bonds. The predicted molar refractivity (Wildman–Crippen MR) is 170 cm³/mol. The van der Waals surface area contributed by atoms with Crippen LogP contribution in [0.3, 0.4) is 0 Å². The molecule has 0 aliphatic rings. The van der Waals surface area contributed by atoms with Gasteiger partial charge in [0.1, 0.15) is 35.9 Å². The largest absolute Gasteiger partial charge is 0.376 e. The molecule has 6 rings (SSSR count). The third kappa shape index (κ3) is 11.4. The van der Waals surface area contributed by atoms with Crippen LogP contribution in [0, 0.1) is 113 Å². The van der Waals surface area contributed by atoms with Gasteiger partial charge in [-0.3, -0.25) is 0 Å². The second-order valence-electron chi connectivity index (χ2n) is 8.57. The Hall–Kier alpha value is 0.539. The second-order valence-corrected chi connectivity index (χ2v) is 10.5. The Balaban J connectivity index is 0.000000555. The molecule has 0 bridgehead atoms. The first-order chi connectivity index (χ1) is 18.7. The average molecular weight is 751 g/mol. The number of rotatable bonds is 2. The van der Waals surface area contributed by atoms with E-state index in [1.165, 1.54) is 12.7 Å². The van der Waals surface area contributed by atoms with E-state index in [1.54, 1.807) is 12.5 Å². The van der Waals surface area contributed by atoms with E-state index in [0.29, 0.717) is 0 Å². The van der Waals surface area contributed by atoms with Crippen LogP contribution in [0.4, 0.5) is 11.4 Å². The summed E-state index contributed by atoms with van der Waals surface area (Å²) in [6, 6.07) is 0. The van der Waals surface area contributed by atoms with Gasteiger partial charge in [-0.05, 0) is 48.8 Å². The van der Waals surface area contributed by atoms with Gasteiger partial charge >= 0.3 is 0 Å². The quantitative estimate of drug-likeness (QED) is 0.255. The van der Waals surface area contributed by atoms with Crippen molar-refractivity contribution < 1.29 is 113 Å². The molecule has 2 atom stereocenters. The number of fused-ring (bicyclic) bond motifs is 3. The average Bonchev–Trinajstić information content (AvgIpc) is 3.60. The van der Waals surface area contributed by atoms with Crippen molar-refractivity contribution >= 4 is 79.2 Å². The number of anilines is 2. The third-order valence-corrected chi connectivity index (χ3v) is 6.64. The number of H-pyrrole nitrogens is 1. The first-order valence-corrected chi connectivity index (χ1v) is 13.5. The molecule has 2 unspecified atom stereocenters. The van der Waals surface area contributed by atoms with Crippen molar-refractivity contribution in [3.8, 4) is 0 Å². The van der Waals surface area contributed by atoms with Gasteiger partial charge in [-0.15, -0.1) is 0 Å². The van der Waals surface area contributed by atoms with E-state index in [0.717, 1.165) is 48.9 Å². The van der Waals surface area contributed by atoms with E-state index in [9.17, 15) is 0 Å². The summed E-state index contributed by atoms with van der Waals surface area (Å²) in [6.45, 7) is 0. The van der Waals surface area contributed by atoms with Crippen molar-refractivity contribution in [1.29, 1.82) is 0 Å². The fourth-order valence-electron chi connectivity index (χ4n) is 3.50. The van der Waals surface area contributed by atoms with E-state index < -0.39 is 0 Å². The Morgan fingerprint density at radius 2 is 1.17 bits per heavy atom. The monoisotopic (exact) mass is 750 g/mol. The molecule has 42 heavy (non-hydrogen) atoms. The van der Waals surface area contributed by atoms with Gasteiger partial charge in [-0.1, -0.05) is 0 Å². The van der Waals surface area contributed by atoms with E-state index in [1.807, 2.05) is 91.7 Å². The van der Waals surface area contributed by atoms with Crippen LogP contribution in [0.2, 0.25) is 0 Å². The molecule has 0 spiro atoms. The number of aromatic amines is 1. The smallest absolute Gasteiger partial charge is 0.148 e. The van der Waals surface area contributed by atoms with Crippen molar-refractivity contribution in [2.75, 3.05) is 52.1 Å². The molecule has 0 saturated carbocycles. The van der Waals surface area contributed by atoms with Crippen LogP contribution >= 0.6 is 34.7 Å². The molecule has 12 nitrogen and oxygen atoms in total. The summed E-state index contributed by atoms with van der Waals surface area (Å²) < 4.78 is 4.82. The van der Waals surface area contributed by atoms with Crippen molar-refractivity contribution in [3.63, 3.8) is 0 Å². The van der Waals surface area contributed by atoms with Crippen molar-refractivity contribution in [2.24, 2.45) is 0 Å². The Morgan fingerprint density at radius 3 is 1.69 bits per heavy atom. The normalized spacial score (nSPS) is 9.55. The van der Waals surface area contributed by atoms with Crippen LogP contribution in [0.1, 0.15) is 0 Å². The molecule has 0 aliphatic carbocycles. The summed E-state index contributed by atoms with van der Waals surface area (Å²) in [7, 11) is 16.9. The van der Waals surface area contributed by atoms with Gasteiger partial charge in [0.25, 0.3) is 0 Å². The molecule has 0 fully saturated rings. The fraction of sp³-hybridized carbons (Fsp3) is 0.250. The Bertz CT molecular complexity index is 1610. The van der Waals surface area contributed by atoms with Crippen LogP contribution in [0.5, 0.6) is 0 Å². The summed E-state index contributed by atoms with van der Waals surface area (Å²) in [5.41, 5.74) is 4.98. The summed E-state index contributed by atoms with van der Waals surface area (Å²) in [5, 5.41) is 5.91. The minimum Gasteiger partial charge on any atom is -0.376 e. The molecule has 6 aromatic heterocycles. The van der Waals surface area contributed by atoms with Crippen LogP contribution in [-0.4, -0.2) is 85.8 Å². The van der Waals surface area contributed by atoms with Gasteiger partial charge in [-0.25, -0.2) is 29.9 Å². The van der Waals surface area contributed by atoms with Crippen molar-refractivity contribution in [3.05, 3.63) is 60.6 Å². The molecule has 6 aromatic rings. The van der Waals surface area contributed by atoms with Crippen molar-refractivity contribution in [2.45, 2.75) is 0 Å². The molecular formula is C24H33Ar3BrN12P2. The van der Waals surface area contributed by atoms with Crippen LogP contribution in [0.15, 0.2) is 60.6 Å². The molecule has 6 heterocycles. The van der Waals surface area contributed by atoms with Crippen LogP contribution in [0.25, 0.3) is 33.1 Å². The zero-order chi connectivity index (χ0) is 28.5. The van der Waals surface area contributed by atoms with Crippen LogP contribution < -0.4 is 15.1 Å². The van der Waals surface area contributed by atoms with Gasteiger partial charge < -0.3 is 28.8 Å².